The van der Waals surface area contributed by atoms with Crippen LogP contribution in [0.4, 0.5) is 0 Å². The third kappa shape index (κ3) is 5.44. The fraction of sp³-hybridized carbons (Fsp3) is 0.0909. The lowest BCUT2D eigenvalue weighted by Crippen LogP contribution is -2.17. The number of nitrogens with zero attached hydrogens (tertiary/aromatic N) is 1. The lowest BCUT2D eigenvalue weighted by molar-refractivity contribution is 0.0955. The van der Waals surface area contributed by atoms with Crippen LogP contribution >= 0.6 is 15.9 Å². The van der Waals surface area contributed by atoms with Crippen LogP contribution in [0.2, 0.25) is 0 Å². The highest BCUT2D eigenvalue weighted by Crippen LogP contribution is 2.18. The highest BCUT2D eigenvalue weighted by molar-refractivity contribution is 9.10. The van der Waals surface area contributed by atoms with E-state index in [4.69, 9.17) is 9.47 Å². The second-order valence-electron chi connectivity index (χ2n) is 5.88. The molecule has 0 aliphatic rings. The molecule has 0 radical (unpaired) electrons. The summed E-state index contributed by atoms with van der Waals surface area (Å²) in [6, 6.07) is 22.3. The van der Waals surface area contributed by atoms with Crippen molar-refractivity contribution in [3.8, 4) is 11.5 Å². The van der Waals surface area contributed by atoms with Gasteiger partial charge < -0.3 is 9.47 Å². The van der Waals surface area contributed by atoms with E-state index in [1.807, 2.05) is 48.5 Å². The number of benzene rings is 3. The minimum absolute atomic E-state index is 0.299. The Morgan fingerprint density at radius 3 is 2.46 bits per heavy atom. The molecule has 142 valence electrons. The zero-order valence-corrected chi connectivity index (χ0v) is 16.8. The summed E-state index contributed by atoms with van der Waals surface area (Å²) in [5.74, 6) is 1.08. The van der Waals surface area contributed by atoms with Crippen molar-refractivity contribution in [2.75, 3.05) is 7.11 Å². The molecule has 0 aliphatic carbocycles. The first kappa shape index (κ1) is 19.6. The van der Waals surface area contributed by atoms with E-state index in [-0.39, 0.29) is 5.91 Å². The largest absolute Gasteiger partial charge is 0.497 e. The maximum absolute atomic E-state index is 12.2. The van der Waals surface area contributed by atoms with Gasteiger partial charge in [-0.1, -0.05) is 40.2 Å². The average Bonchev–Trinajstić information content (AvgIpc) is 2.74. The summed E-state index contributed by atoms with van der Waals surface area (Å²) >= 11 is 3.42. The fourth-order valence-corrected chi connectivity index (χ4v) is 2.69. The van der Waals surface area contributed by atoms with Crippen LogP contribution in [0, 0.1) is 0 Å². The molecule has 0 spiro atoms. The Kier molecular flexibility index (Phi) is 6.81. The Hall–Kier alpha value is -3.12. The standard InChI is InChI=1S/C22H19BrN2O3/c1-27-20-12-8-17(9-13-20)22(26)25-24-14-18-4-2-3-5-21(18)28-15-16-6-10-19(23)11-7-16/h2-14H,15H2,1H3,(H,25,26). The Morgan fingerprint density at radius 2 is 1.75 bits per heavy atom. The SMILES string of the molecule is COc1ccc(C(=O)NN=Cc2ccccc2OCc2ccc(Br)cc2)cc1. The number of carbonyl (C=O) groups excluding carboxylic acids is 1. The number of para-hydroxylation sites is 1. The number of hydrazone groups is 1. The molecule has 0 aliphatic heterocycles. The summed E-state index contributed by atoms with van der Waals surface area (Å²) in [6.07, 6.45) is 1.57. The summed E-state index contributed by atoms with van der Waals surface area (Å²) in [5.41, 5.74) is 4.85. The predicted molar refractivity (Wildman–Crippen MR) is 113 cm³/mol. The van der Waals surface area contributed by atoms with Gasteiger partial charge in [0.1, 0.15) is 18.1 Å². The van der Waals surface area contributed by atoms with Crippen molar-refractivity contribution < 1.29 is 14.3 Å². The van der Waals surface area contributed by atoms with Crippen LogP contribution in [-0.4, -0.2) is 19.2 Å². The van der Waals surface area contributed by atoms with Gasteiger partial charge in [0, 0.05) is 15.6 Å². The van der Waals surface area contributed by atoms with Gasteiger partial charge in [0.25, 0.3) is 5.91 Å². The summed E-state index contributed by atoms with van der Waals surface area (Å²) in [6.45, 7) is 0.441. The van der Waals surface area contributed by atoms with Crippen molar-refractivity contribution in [1.29, 1.82) is 0 Å². The lowest BCUT2D eigenvalue weighted by atomic mass is 10.2. The molecule has 0 saturated heterocycles. The van der Waals surface area contributed by atoms with Crippen molar-refractivity contribution in [2.24, 2.45) is 5.10 Å². The van der Waals surface area contributed by atoms with Crippen molar-refractivity contribution in [1.82, 2.24) is 5.43 Å². The molecule has 0 unspecified atom stereocenters. The highest BCUT2D eigenvalue weighted by atomic mass is 79.9. The van der Waals surface area contributed by atoms with E-state index in [9.17, 15) is 4.79 Å². The van der Waals surface area contributed by atoms with Crippen molar-refractivity contribution >= 4 is 28.1 Å². The molecule has 3 rings (SSSR count). The van der Waals surface area contributed by atoms with Gasteiger partial charge in [-0.05, 0) is 54.1 Å². The number of ether oxygens (including phenoxy) is 2. The minimum atomic E-state index is -0.299. The van der Waals surface area contributed by atoms with Crippen molar-refractivity contribution in [2.45, 2.75) is 6.61 Å². The van der Waals surface area contributed by atoms with Gasteiger partial charge in [-0.15, -0.1) is 0 Å². The van der Waals surface area contributed by atoms with E-state index in [2.05, 4.69) is 26.5 Å². The van der Waals surface area contributed by atoms with Gasteiger partial charge in [0.2, 0.25) is 0 Å². The molecule has 0 saturated carbocycles. The first-order valence-corrected chi connectivity index (χ1v) is 9.39. The Labute approximate surface area is 172 Å². The van der Waals surface area contributed by atoms with Gasteiger partial charge in [-0.3, -0.25) is 4.79 Å². The van der Waals surface area contributed by atoms with Crippen LogP contribution in [0.1, 0.15) is 21.5 Å². The topological polar surface area (TPSA) is 59.9 Å². The molecule has 6 heteroatoms. The van der Waals surface area contributed by atoms with Gasteiger partial charge in [-0.25, -0.2) is 5.43 Å². The smallest absolute Gasteiger partial charge is 0.271 e. The Morgan fingerprint density at radius 1 is 1.04 bits per heavy atom. The maximum Gasteiger partial charge on any atom is 0.271 e. The van der Waals surface area contributed by atoms with Crippen molar-refractivity contribution in [3.05, 3.63) is 94.0 Å². The number of nitrogens with one attached hydrogen (secondary N) is 1. The summed E-state index contributed by atoms with van der Waals surface area (Å²) in [5, 5.41) is 4.05. The number of methoxy groups -OCH3 is 1. The Balaban J connectivity index is 1.61. The highest BCUT2D eigenvalue weighted by Gasteiger charge is 2.05. The molecule has 0 bridgehead atoms. The average molecular weight is 439 g/mol. The minimum Gasteiger partial charge on any atom is -0.497 e. The van der Waals surface area contributed by atoms with Gasteiger partial charge in [-0.2, -0.15) is 5.10 Å². The molecule has 1 N–H and O–H groups in total. The number of hydrogen-bond acceptors (Lipinski definition) is 4. The first-order chi connectivity index (χ1) is 13.7. The molecule has 1 amide bonds. The van der Waals surface area contributed by atoms with Crippen LogP contribution in [-0.2, 0) is 6.61 Å². The van der Waals surface area contributed by atoms with E-state index < -0.39 is 0 Å². The number of hydrogen-bond donors (Lipinski definition) is 1. The van der Waals surface area contributed by atoms with Crippen LogP contribution in [0.3, 0.4) is 0 Å². The van der Waals surface area contributed by atoms with Gasteiger partial charge in [0.15, 0.2) is 0 Å². The maximum atomic E-state index is 12.2. The fourth-order valence-electron chi connectivity index (χ4n) is 2.43. The zero-order valence-electron chi connectivity index (χ0n) is 15.3. The monoisotopic (exact) mass is 438 g/mol. The molecule has 0 heterocycles. The normalized spacial score (nSPS) is 10.6. The Bertz CT molecular complexity index is 954. The van der Waals surface area contributed by atoms with E-state index in [0.29, 0.717) is 23.7 Å². The van der Waals surface area contributed by atoms with Crippen LogP contribution in [0.5, 0.6) is 11.5 Å². The number of halogens is 1. The number of carbonyl (C=O) groups is 1. The molecule has 0 fully saturated rings. The zero-order chi connectivity index (χ0) is 19.8. The lowest BCUT2D eigenvalue weighted by Gasteiger charge is -2.09. The molecule has 3 aromatic carbocycles. The van der Waals surface area contributed by atoms with Crippen molar-refractivity contribution in [3.63, 3.8) is 0 Å². The number of rotatable bonds is 7. The van der Waals surface area contributed by atoms with E-state index >= 15 is 0 Å². The molecular weight excluding hydrogens is 420 g/mol. The van der Waals surface area contributed by atoms with E-state index in [1.54, 1.807) is 37.6 Å². The van der Waals surface area contributed by atoms with Crippen LogP contribution < -0.4 is 14.9 Å². The van der Waals surface area contributed by atoms with Crippen LogP contribution in [0.15, 0.2) is 82.4 Å². The third-order valence-electron chi connectivity index (χ3n) is 3.95. The third-order valence-corrected chi connectivity index (χ3v) is 4.48. The number of amides is 1. The molecule has 5 nitrogen and oxygen atoms in total. The summed E-state index contributed by atoms with van der Waals surface area (Å²) in [4.78, 5) is 12.2. The molecule has 0 atom stereocenters. The van der Waals surface area contributed by atoms with E-state index in [1.165, 1.54) is 0 Å². The van der Waals surface area contributed by atoms with Gasteiger partial charge >= 0.3 is 0 Å². The molecule has 3 aromatic rings. The summed E-state index contributed by atoms with van der Waals surface area (Å²) < 4.78 is 12.0. The van der Waals surface area contributed by atoms with E-state index in [0.717, 1.165) is 15.6 Å². The second kappa shape index (κ2) is 9.71. The van der Waals surface area contributed by atoms with Crippen LogP contribution in [0.25, 0.3) is 0 Å². The molecule has 0 aromatic heterocycles. The quantitative estimate of drug-likeness (QED) is 0.425. The molecular formula is C22H19BrN2O3. The summed E-state index contributed by atoms with van der Waals surface area (Å²) in [7, 11) is 1.58. The van der Waals surface area contributed by atoms with Gasteiger partial charge in [0.05, 0.1) is 13.3 Å². The second-order valence-corrected chi connectivity index (χ2v) is 6.80. The first-order valence-electron chi connectivity index (χ1n) is 8.59. The molecule has 28 heavy (non-hydrogen) atoms. The predicted octanol–water partition coefficient (Wildman–Crippen LogP) is 4.80.